The van der Waals surface area contributed by atoms with Gasteiger partial charge in [-0.05, 0) is 30.5 Å². The summed E-state index contributed by atoms with van der Waals surface area (Å²) in [6, 6.07) is 2.31. The second-order valence-electron chi connectivity index (χ2n) is 5.17. The molecule has 3 nitrogen and oxygen atoms in total. The summed E-state index contributed by atoms with van der Waals surface area (Å²) < 4.78 is 32.5. The van der Waals surface area contributed by atoms with Crippen LogP contribution in [0, 0.1) is 11.6 Å². The molecule has 1 aliphatic rings. The number of aliphatic hydroxyl groups is 1. The van der Waals surface area contributed by atoms with E-state index in [9.17, 15) is 13.9 Å². The quantitative estimate of drug-likeness (QED) is 0.884. The summed E-state index contributed by atoms with van der Waals surface area (Å²) in [5, 5.41) is 10.2. The average Bonchev–Trinajstić information content (AvgIpc) is 2.38. The smallest absolute Gasteiger partial charge is 0.190 e. The van der Waals surface area contributed by atoms with Crippen LogP contribution in [0.25, 0.3) is 0 Å². The fourth-order valence-corrected chi connectivity index (χ4v) is 2.43. The van der Waals surface area contributed by atoms with E-state index in [0.29, 0.717) is 18.4 Å². The van der Waals surface area contributed by atoms with Crippen molar-refractivity contribution in [2.24, 2.45) is 5.73 Å². The Bertz CT molecular complexity index is 422. The third-order valence-corrected chi connectivity index (χ3v) is 3.56. The summed E-state index contributed by atoms with van der Waals surface area (Å²) in [6.45, 7) is -0.0130. The van der Waals surface area contributed by atoms with Gasteiger partial charge in [-0.15, -0.1) is 0 Å². The van der Waals surface area contributed by atoms with E-state index < -0.39 is 23.0 Å². The van der Waals surface area contributed by atoms with Gasteiger partial charge < -0.3 is 15.6 Å². The van der Waals surface area contributed by atoms with Gasteiger partial charge in [0.15, 0.2) is 17.4 Å². The Labute approximate surface area is 111 Å². The standard InChI is InChI=1S/C14H19F2NO2/c15-11-6-10(8-17)7-12(16)13(11)19-9-14(18)4-2-1-3-5-14/h6-7,18H,1-5,8-9,17H2. The van der Waals surface area contributed by atoms with Crippen molar-refractivity contribution in [1.82, 2.24) is 0 Å². The number of nitrogens with two attached hydrogens (primary N) is 1. The molecule has 1 aromatic rings. The first-order chi connectivity index (χ1) is 9.04. The van der Waals surface area contributed by atoms with Crippen LogP contribution in [0.5, 0.6) is 5.75 Å². The van der Waals surface area contributed by atoms with E-state index in [4.69, 9.17) is 10.5 Å². The fourth-order valence-electron chi connectivity index (χ4n) is 2.43. The molecule has 0 saturated heterocycles. The molecule has 5 heteroatoms. The molecule has 1 aliphatic carbocycles. The van der Waals surface area contributed by atoms with Crippen LogP contribution in [0.15, 0.2) is 12.1 Å². The SMILES string of the molecule is NCc1cc(F)c(OCC2(O)CCCCC2)c(F)c1. The van der Waals surface area contributed by atoms with Crippen molar-refractivity contribution in [3.05, 3.63) is 29.3 Å². The van der Waals surface area contributed by atoms with Crippen LogP contribution in [0.1, 0.15) is 37.7 Å². The molecular formula is C14H19F2NO2. The predicted octanol–water partition coefficient (Wildman–Crippen LogP) is 2.50. The highest BCUT2D eigenvalue weighted by Gasteiger charge is 2.30. The predicted molar refractivity (Wildman–Crippen MR) is 67.8 cm³/mol. The van der Waals surface area contributed by atoms with Crippen molar-refractivity contribution < 1.29 is 18.6 Å². The number of rotatable bonds is 4. The van der Waals surface area contributed by atoms with E-state index in [1.54, 1.807) is 0 Å². The molecule has 0 radical (unpaired) electrons. The molecule has 0 aliphatic heterocycles. The summed E-state index contributed by atoms with van der Waals surface area (Å²) in [6.07, 6.45) is 4.12. The summed E-state index contributed by atoms with van der Waals surface area (Å²) in [5.41, 5.74) is 4.74. The highest BCUT2D eigenvalue weighted by Crippen LogP contribution is 2.30. The molecule has 0 amide bonds. The zero-order valence-corrected chi connectivity index (χ0v) is 10.8. The lowest BCUT2D eigenvalue weighted by Gasteiger charge is -2.31. The molecule has 0 bridgehead atoms. The molecule has 1 fully saturated rings. The van der Waals surface area contributed by atoms with E-state index in [0.717, 1.165) is 31.4 Å². The van der Waals surface area contributed by atoms with Gasteiger partial charge in [0, 0.05) is 6.54 Å². The highest BCUT2D eigenvalue weighted by molar-refractivity contribution is 5.31. The zero-order valence-electron chi connectivity index (χ0n) is 10.8. The molecule has 2 rings (SSSR count). The largest absolute Gasteiger partial charge is 0.485 e. The van der Waals surface area contributed by atoms with Crippen LogP contribution < -0.4 is 10.5 Å². The first-order valence-corrected chi connectivity index (χ1v) is 6.57. The van der Waals surface area contributed by atoms with Crippen LogP contribution in [-0.2, 0) is 6.54 Å². The number of hydrogen-bond donors (Lipinski definition) is 2. The van der Waals surface area contributed by atoms with Crippen molar-refractivity contribution in [3.8, 4) is 5.75 Å². The van der Waals surface area contributed by atoms with Crippen LogP contribution in [0.3, 0.4) is 0 Å². The minimum absolute atomic E-state index is 0.0675. The first kappa shape index (κ1) is 14.2. The Kier molecular flexibility index (Phi) is 4.37. The highest BCUT2D eigenvalue weighted by atomic mass is 19.1. The number of benzene rings is 1. The number of hydrogen-bond acceptors (Lipinski definition) is 3. The maximum Gasteiger partial charge on any atom is 0.190 e. The van der Waals surface area contributed by atoms with Gasteiger partial charge in [0.2, 0.25) is 0 Å². The van der Waals surface area contributed by atoms with Crippen molar-refractivity contribution in [2.45, 2.75) is 44.2 Å². The Balaban J connectivity index is 2.07. The van der Waals surface area contributed by atoms with Crippen molar-refractivity contribution in [2.75, 3.05) is 6.61 Å². The molecule has 106 valence electrons. The summed E-state index contributed by atoms with van der Waals surface area (Å²) in [5.74, 6) is -1.99. The van der Waals surface area contributed by atoms with Crippen LogP contribution in [-0.4, -0.2) is 17.3 Å². The molecule has 1 aromatic carbocycles. The van der Waals surface area contributed by atoms with Gasteiger partial charge in [-0.1, -0.05) is 19.3 Å². The normalized spacial score (nSPS) is 18.3. The van der Waals surface area contributed by atoms with E-state index in [-0.39, 0.29) is 13.2 Å². The molecule has 0 unspecified atom stereocenters. The summed E-state index contributed by atoms with van der Waals surface area (Å²) >= 11 is 0. The second kappa shape index (κ2) is 5.84. The number of ether oxygens (including phenoxy) is 1. The maximum absolute atomic E-state index is 13.7. The van der Waals surface area contributed by atoms with E-state index >= 15 is 0 Å². The van der Waals surface area contributed by atoms with Crippen molar-refractivity contribution in [3.63, 3.8) is 0 Å². The third-order valence-electron chi connectivity index (χ3n) is 3.56. The van der Waals surface area contributed by atoms with Gasteiger partial charge in [0.05, 0.1) is 5.60 Å². The molecule has 0 spiro atoms. The Morgan fingerprint density at radius 2 is 1.74 bits per heavy atom. The topological polar surface area (TPSA) is 55.5 Å². The minimum atomic E-state index is -0.969. The van der Waals surface area contributed by atoms with Crippen molar-refractivity contribution >= 4 is 0 Å². The summed E-state index contributed by atoms with van der Waals surface area (Å²) in [4.78, 5) is 0. The third kappa shape index (κ3) is 3.42. The Morgan fingerprint density at radius 3 is 2.26 bits per heavy atom. The zero-order chi connectivity index (χ0) is 13.9. The first-order valence-electron chi connectivity index (χ1n) is 6.57. The lowest BCUT2D eigenvalue weighted by atomic mass is 9.85. The van der Waals surface area contributed by atoms with Gasteiger partial charge in [-0.25, -0.2) is 8.78 Å². The molecular weight excluding hydrogens is 252 g/mol. The van der Waals surface area contributed by atoms with Crippen LogP contribution >= 0.6 is 0 Å². The lowest BCUT2D eigenvalue weighted by Crippen LogP contribution is -2.38. The van der Waals surface area contributed by atoms with Crippen LogP contribution in [0.4, 0.5) is 8.78 Å². The molecule has 0 atom stereocenters. The summed E-state index contributed by atoms with van der Waals surface area (Å²) in [7, 11) is 0. The van der Waals surface area contributed by atoms with Gasteiger partial charge in [0.1, 0.15) is 6.61 Å². The Morgan fingerprint density at radius 1 is 1.16 bits per heavy atom. The number of halogens is 2. The van der Waals surface area contributed by atoms with Gasteiger partial charge in [-0.2, -0.15) is 0 Å². The molecule has 1 saturated carbocycles. The van der Waals surface area contributed by atoms with E-state index in [1.807, 2.05) is 0 Å². The fraction of sp³-hybridized carbons (Fsp3) is 0.571. The van der Waals surface area contributed by atoms with Gasteiger partial charge in [-0.3, -0.25) is 0 Å². The van der Waals surface area contributed by atoms with E-state index in [1.165, 1.54) is 0 Å². The average molecular weight is 271 g/mol. The minimum Gasteiger partial charge on any atom is -0.485 e. The maximum atomic E-state index is 13.7. The van der Waals surface area contributed by atoms with Gasteiger partial charge in [0.25, 0.3) is 0 Å². The second-order valence-corrected chi connectivity index (χ2v) is 5.17. The van der Waals surface area contributed by atoms with Gasteiger partial charge >= 0.3 is 0 Å². The van der Waals surface area contributed by atoms with Crippen LogP contribution in [0.2, 0.25) is 0 Å². The van der Waals surface area contributed by atoms with Crippen molar-refractivity contribution in [1.29, 1.82) is 0 Å². The molecule has 19 heavy (non-hydrogen) atoms. The molecule has 0 aromatic heterocycles. The Hall–Kier alpha value is -1.20. The lowest BCUT2D eigenvalue weighted by molar-refractivity contribution is -0.0355. The molecule has 0 heterocycles. The molecule has 3 N–H and O–H groups in total. The van der Waals surface area contributed by atoms with E-state index in [2.05, 4.69) is 0 Å². The monoisotopic (exact) mass is 271 g/mol.